The lowest BCUT2D eigenvalue weighted by atomic mass is 9.65. The molecule has 2 spiro atoms. The van der Waals surface area contributed by atoms with E-state index < -0.39 is 5.41 Å². The molecule has 10 aromatic rings. The van der Waals surface area contributed by atoms with E-state index in [-0.39, 0.29) is 5.41 Å². The van der Waals surface area contributed by atoms with E-state index in [1.54, 1.807) is 0 Å². The van der Waals surface area contributed by atoms with Gasteiger partial charge in [0.1, 0.15) is 11.5 Å². The van der Waals surface area contributed by atoms with Gasteiger partial charge in [-0.2, -0.15) is 0 Å². The molecule has 0 N–H and O–H groups in total. The van der Waals surface area contributed by atoms with Crippen LogP contribution in [0, 0.1) is 0 Å². The van der Waals surface area contributed by atoms with E-state index in [1.165, 1.54) is 106 Å². The Kier molecular flexibility index (Phi) is 6.48. The van der Waals surface area contributed by atoms with Crippen LogP contribution in [0.15, 0.2) is 218 Å². The largest absolute Gasteiger partial charge is 0.456 e. The third-order valence-corrected chi connectivity index (χ3v) is 14.4. The summed E-state index contributed by atoms with van der Waals surface area (Å²) in [5.41, 5.74) is 22.1. The summed E-state index contributed by atoms with van der Waals surface area (Å²) in [7, 11) is 0. The highest BCUT2D eigenvalue weighted by atomic mass is 16.5. The molecule has 3 aliphatic carbocycles. The van der Waals surface area contributed by atoms with Crippen LogP contribution in [0.3, 0.4) is 0 Å². The molecule has 0 bridgehead atoms. The molecule has 0 saturated heterocycles. The average molecular weight is 773 g/mol. The molecule has 1 aliphatic heterocycles. The maximum absolute atomic E-state index is 7.06. The standard InChI is InChI=1S/C60H36O/c1-2-24-47-40(18-1)48(36-56-58(47)61-57-31-14-13-30-54(57)60(56)52-28-11-5-21-43(52)44-22-6-12-29-53(44)60)39-17-15-16-37(34-39)38-32-33-46-45-23-7-10-27-51(45)59(55(46)35-38)49-25-8-3-19-41(49)42-20-4-9-26-50(42)59/h1-36H. The fourth-order valence-corrected chi connectivity index (χ4v) is 12.1. The Balaban J connectivity index is 1.00. The van der Waals surface area contributed by atoms with Crippen LogP contribution in [-0.2, 0) is 10.8 Å². The summed E-state index contributed by atoms with van der Waals surface area (Å²) < 4.78 is 7.06. The molecule has 0 amide bonds. The number of ether oxygens (including phenoxy) is 1. The van der Waals surface area contributed by atoms with Gasteiger partial charge in [-0.25, -0.2) is 0 Å². The number of fused-ring (bicyclic) bond motifs is 21. The van der Waals surface area contributed by atoms with Gasteiger partial charge in [-0.1, -0.05) is 194 Å². The smallest absolute Gasteiger partial charge is 0.140 e. The lowest BCUT2D eigenvalue weighted by Crippen LogP contribution is -2.32. The summed E-state index contributed by atoms with van der Waals surface area (Å²) in [6.07, 6.45) is 0. The molecule has 1 heteroatoms. The van der Waals surface area contributed by atoms with Crippen molar-refractivity contribution in [3.05, 3.63) is 263 Å². The molecule has 0 atom stereocenters. The fourth-order valence-electron chi connectivity index (χ4n) is 12.1. The van der Waals surface area contributed by atoms with Crippen molar-refractivity contribution in [1.29, 1.82) is 0 Å². The topological polar surface area (TPSA) is 9.23 Å². The van der Waals surface area contributed by atoms with Crippen molar-refractivity contribution in [2.75, 3.05) is 0 Å². The van der Waals surface area contributed by atoms with Gasteiger partial charge in [0.05, 0.1) is 10.8 Å². The maximum atomic E-state index is 7.06. The predicted octanol–water partition coefficient (Wildman–Crippen LogP) is 15.0. The average Bonchev–Trinajstić information content (AvgIpc) is 3.92. The Morgan fingerprint density at radius 1 is 0.246 bits per heavy atom. The Morgan fingerprint density at radius 2 is 0.672 bits per heavy atom. The Bertz CT molecular complexity index is 3420. The first-order valence-electron chi connectivity index (χ1n) is 21.3. The van der Waals surface area contributed by atoms with Crippen LogP contribution in [0.4, 0.5) is 0 Å². The van der Waals surface area contributed by atoms with Gasteiger partial charge in [-0.05, 0) is 119 Å². The molecular formula is C60H36O. The van der Waals surface area contributed by atoms with Gasteiger partial charge >= 0.3 is 0 Å². The van der Waals surface area contributed by atoms with Gasteiger partial charge < -0.3 is 4.74 Å². The predicted molar refractivity (Wildman–Crippen MR) is 248 cm³/mol. The molecule has 1 heterocycles. The van der Waals surface area contributed by atoms with E-state index in [2.05, 4.69) is 218 Å². The number of para-hydroxylation sites is 1. The lowest BCUT2D eigenvalue weighted by Gasteiger charge is -2.40. The van der Waals surface area contributed by atoms with Crippen LogP contribution in [-0.4, -0.2) is 0 Å². The SMILES string of the molecule is c1cc(-c2ccc3c(c2)C2(c4ccccc4-c4ccccc42)c2ccccc2-3)cc(-c2cc3c(c4ccccc24)Oc2ccccc2C32c3ccccc3-c3ccccc32)c1. The minimum atomic E-state index is -0.551. The second kappa shape index (κ2) is 11.9. The highest BCUT2D eigenvalue weighted by molar-refractivity contribution is 6.04. The third kappa shape index (κ3) is 4.06. The summed E-state index contributed by atoms with van der Waals surface area (Å²) in [4.78, 5) is 0. The molecule has 282 valence electrons. The van der Waals surface area contributed by atoms with E-state index in [4.69, 9.17) is 4.74 Å². The molecule has 0 unspecified atom stereocenters. The molecule has 0 fully saturated rings. The summed E-state index contributed by atoms with van der Waals surface area (Å²) in [5.74, 6) is 1.84. The first-order chi connectivity index (χ1) is 30.3. The van der Waals surface area contributed by atoms with E-state index in [9.17, 15) is 0 Å². The van der Waals surface area contributed by atoms with Crippen LogP contribution in [0.25, 0.3) is 66.4 Å². The molecule has 4 aliphatic rings. The minimum absolute atomic E-state index is 0.389. The summed E-state index contributed by atoms with van der Waals surface area (Å²) in [6.45, 7) is 0. The zero-order valence-electron chi connectivity index (χ0n) is 33.2. The van der Waals surface area contributed by atoms with Gasteiger partial charge in [0.2, 0.25) is 0 Å². The van der Waals surface area contributed by atoms with Crippen molar-refractivity contribution in [2.24, 2.45) is 0 Å². The highest BCUT2D eigenvalue weighted by Gasteiger charge is 2.53. The van der Waals surface area contributed by atoms with E-state index in [0.29, 0.717) is 0 Å². The lowest BCUT2D eigenvalue weighted by molar-refractivity contribution is 0.442. The summed E-state index contributed by atoms with van der Waals surface area (Å²) >= 11 is 0. The zero-order valence-corrected chi connectivity index (χ0v) is 33.2. The van der Waals surface area contributed by atoms with Crippen molar-refractivity contribution >= 4 is 10.8 Å². The van der Waals surface area contributed by atoms with Crippen molar-refractivity contribution < 1.29 is 4.74 Å². The molecular weight excluding hydrogens is 737 g/mol. The number of hydrogen-bond acceptors (Lipinski definition) is 1. The minimum Gasteiger partial charge on any atom is -0.456 e. The molecule has 10 aromatic carbocycles. The molecule has 0 aromatic heterocycles. The Morgan fingerprint density at radius 3 is 1.25 bits per heavy atom. The highest BCUT2D eigenvalue weighted by Crippen LogP contribution is 2.65. The number of hydrogen-bond donors (Lipinski definition) is 0. The van der Waals surface area contributed by atoms with Gasteiger partial charge in [-0.15, -0.1) is 0 Å². The van der Waals surface area contributed by atoms with Crippen LogP contribution in [0.5, 0.6) is 11.5 Å². The van der Waals surface area contributed by atoms with Crippen molar-refractivity contribution in [3.8, 4) is 67.1 Å². The molecule has 0 saturated carbocycles. The van der Waals surface area contributed by atoms with Crippen LogP contribution in [0.1, 0.15) is 44.5 Å². The molecule has 14 rings (SSSR count). The molecule has 0 radical (unpaired) electrons. The number of rotatable bonds is 2. The van der Waals surface area contributed by atoms with Crippen molar-refractivity contribution in [3.63, 3.8) is 0 Å². The normalized spacial score (nSPS) is 14.6. The first kappa shape index (κ1) is 33.1. The van der Waals surface area contributed by atoms with Gasteiger partial charge in [0.15, 0.2) is 0 Å². The van der Waals surface area contributed by atoms with E-state index >= 15 is 0 Å². The molecule has 1 nitrogen and oxygen atoms in total. The van der Waals surface area contributed by atoms with Crippen molar-refractivity contribution in [2.45, 2.75) is 10.8 Å². The van der Waals surface area contributed by atoms with Gasteiger partial charge in [0, 0.05) is 16.5 Å². The van der Waals surface area contributed by atoms with Gasteiger partial charge in [-0.3, -0.25) is 0 Å². The summed E-state index contributed by atoms with van der Waals surface area (Å²) in [5, 5.41) is 2.29. The van der Waals surface area contributed by atoms with E-state index in [0.717, 1.165) is 16.9 Å². The second-order valence-electron chi connectivity index (χ2n) is 17.0. The van der Waals surface area contributed by atoms with Crippen LogP contribution < -0.4 is 4.74 Å². The second-order valence-corrected chi connectivity index (χ2v) is 17.0. The zero-order chi connectivity index (χ0) is 39.9. The summed E-state index contributed by atoms with van der Waals surface area (Å²) in [6, 6.07) is 81.4. The molecule has 61 heavy (non-hydrogen) atoms. The van der Waals surface area contributed by atoms with Crippen molar-refractivity contribution in [1.82, 2.24) is 0 Å². The first-order valence-corrected chi connectivity index (χ1v) is 21.3. The Hall–Kier alpha value is -7.74. The monoisotopic (exact) mass is 772 g/mol. The van der Waals surface area contributed by atoms with Crippen LogP contribution in [0.2, 0.25) is 0 Å². The third-order valence-electron chi connectivity index (χ3n) is 14.4. The fraction of sp³-hybridized carbons (Fsp3) is 0.0333. The van der Waals surface area contributed by atoms with Gasteiger partial charge in [0.25, 0.3) is 0 Å². The quantitative estimate of drug-likeness (QED) is 0.170. The van der Waals surface area contributed by atoms with Crippen LogP contribution >= 0.6 is 0 Å². The van der Waals surface area contributed by atoms with E-state index in [1.807, 2.05) is 0 Å². The Labute approximate surface area is 354 Å². The maximum Gasteiger partial charge on any atom is 0.140 e. The number of benzene rings is 10.